The summed E-state index contributed by atoms with van der Waals surface area (Å²) in [5, 5.41) is 3.10. The highest BCUT2D eigenvalue weighted by Crippen LogP contribution is 2.21. The smallest absolute Gasteiger partial charge is 0.251 e. The Bertz CT molecular complexity index is 699. The van der Waals surface area contributed by atoms with Crippen LogP contribution in [-0.2, 0) is 16.1 Å². The lowest BCUT2D eigenvalue weighted by Gasteiger charge is -2.35. The summed E-state index contributed by atoms with van der Waals surface area (Å²) < 4.78 is 10.6. The van der Waals surface area contributed by atoms with Crippen molar-refractivity contribution in [2.24, 2.45) is 0 Å². The molecule has 2 aromatic rings. The molecular formula is C21H26N2O3. The highest BCUT2D eigenvalue weighted by atomic mass is 16.5. The molecule has 3 rings (SSSR count). The number of hydrogen-bond acceptors (Lipinski definition) is 4. The van der Waals surface area contributed by atoms with Gasteiger partial charge in [0.15, 0.2) is 0 Å². The van der Waals surface area contributed by atoms with E-state index in [1.54, 1.807) is 7.11 Å². The maximum absolute atomic E-state index is 12.6. The van der Waals surface area contributed by atoms with Crippen molar-refractivity contribution < 1.29 is 14.3 Å². The van der Waals surface area contributed by atoms with Crippen molar-refractivity contribution in [3.63, 3.8) is 0 Å². The van der Waals surface area contributed by atoms with Crippen LogP contribution in [-0.4, -0.2) is 50.8 Å². The van der Waals surface area contributed by atoms with Crippen LogP contribution in [0.4, 0.5) is 0 Å². The molecule has 138 valence electrons. The lowest BCUT2D eigenvalue weighted by atomic mass is 10.0. The van der Waals surface area contributed by atoms with Gasteiger partial charge in [0.2, 0.25) is 0 Å². The molecule has 2 aromatic carbocycles. The van der Waals surface area contributed by atoms with Gasteiger partial charge in [-0.05, 0) is 23.3 Å². The van der Waals surface area contributed by atoms with E-state index in [0.29, 0.717) is 18.7 Å². The topological polar surface area (TPSA) is 50.8 Å². The molecule has 1 unspecified atom stereocenters. The van der Waals surface area contributed by atoms with Crippen molar-refractivity contribution in [3.05, 3.63) is 71.3 Å². The van der Waals surface area contributed by atoms with Gasteiger partial charge in [0.25, 0.3) is 5.91 Å². The number of methoxy groups -OCH3 is 1. The maximum atomic E-state index is 12.6. The molecule has 26 heavy (non-hydrogen) atoms. The highest BCUT2D eigenvalue weighted by molar-refractivity contribution is 5.94. The second-order valence-corrected chi connectivity index (χ2v) is 6.42. The summed E-state index contributed by atoms with van der Waals surface area (Å²) in [5.74, 6) is -0.0582. The molecule has 0 bridgehead atoms. The number of carbonyl (C=O) groups is 1. The van der Waals surface area contributed by atoms with Crippen LogP contribution in [0.2, 0.25) is 0 Å². The summed E-state index contributed by atoms with van der Waals surface area (Å²) in [6.45, 7) is 4.28. The van der Waals surface area contributed by atoms with Gasteiger partial charge in [-0.15, -0.1) is 0 Å². The molecule has 0 aliphatic carbocycles. The Hall–Kier alpha value is -2.21. The van der Waals surface area contributed by atoms with Crippen molar-refractivity contribution in [2.75, 3.05) is 40.0 Å². The Morgan fingerprint density at radius 3 is 2.65 bits per heavy atom. The van der Waals surface area contributed by atoms with Crippen molar-refractivity contribution in [1.82, 2.24) is 10.2 Å². The number of hydrogen-bond donors (Lipinski definition) is 1. The molecule has 5 heteroatoms. The maximum Gasteiger partial charge on any atom is 0.251 e. The molecule has 1 N–H and O–H groups in total. The molecule has 1 saturated heterocycles. The zero-order chi connectivity index (χ0) is 18.2. The Balaban J connectivity index is 1.69. The SMILES string of the molecule is COCc1cccc(C(=O)NCC(c2ccccc2)N2CCOCC2)c1. The molecule has 1 amide bonds. The van der Waals surface area contributed by atoms with Crippen molar-refractivity contribution >= 4 is 5.91 Å². The highest BCUT2D eigenvalue weighted by Gasteiger charge is 2.23. The van der Waals surface area contributed by atoms with E-state index >= 15 is 0 Å². The van der Waals surface area contributed by atoms with Crippen molar-refractivity contribution in [1.29, 1.82) is 0 Å². The summed E-state index contributed by atoms with van der Waals surface area (Å²) in [6, 6.07) is 18.0. The van der Waals surface area contributed by atoms with Gasteiger partial charge in [-0.3, -0.25) is 9.69 Å². The molecule has 5 nitrogen and oxygen atoms in total. The average molecular weight is 354 g/mol. The van der Waals surface area contributed by atoms with Crippen LogP contribution in [0.5, 0.6) is 0 Å². The molecule has 1 fully saturated rings. The zero-order valence-corrected chi connectivity index (χ0v) is 15.2. The first-order chi connectivity index (χ1) is 12.8. The third-order valence-corrected chi connectivity index (χ3v) is 4.63. The van der Waals surface area contributed by atoms with Gasteiger partial charge in [0, 0.05) is 32.3 Å². The summed E-state index contributed by atoms with van der Waals surface area (Å²) in [6.07, 6.45) is 0. The number of nitrogens with zero attached hydrogens (tertiary/aromatic N) is 1. The average Bonchev–Trinajstić information content (AvgIpc) is 2.70. The third-order valence-electron chi connectivity index (χ3n) is 4.63. The lowest BCUT2D eigenvalue weighted by molar-refractivity contribution is 0.0162. The zero-order valence-electron chi connectivity index (χ0n) is 15.2. The minimum atomic E-state index is -0.0582. The molecular weight excluding hydrogens is 328 g/mol. The molecule has 1 heterocycles. The Labute approximate surface area is 154 Å². The monoisotopic (exact) mass is 354 g/mol. The molecule has 1 aliphatic rings. The first kappa shape index (κ1) is 18.6. The molecule has 0 spiro atoms. The van der Waals surface area contributed by atoms with Gasteiger partial charge in [0.1, 0.15) is 0 Å². The number of morpholine rings is 1. The molecule has 1 atom stereocenters. The molecule has 0 radical (unpaired) electrons. The van der Waals surface area contributed by atoms with Gasteiger partial charge in [-0.25, -0.2) is 0 Å². The van der Waals surface area contributed by atoms with E-state index in [1.807, 2.05) is 42.5 Å². The van der Waals surface area contributed by atoms with Crippen LogP contribution in [0.3, 0.4) is 0 Å². The summed E-state index contributed by atoms with van der Waals surface area (Å²) >= 11 is 0. The van der Waals surface area contributed by atoms with Gasteiger partial charge in [-0.1, -0.05) is 42.5 Å². The Kier molecular flexibility index (Phi) is 6.77. The van der Waals surface area contributed by atoms with Crippen LogP contribution < -0.4 is 5.32 Å². The van der Waals surface area contributed by atoms with E-state index in [-0.39, 0.29) is 11.9 Å². The lowest BCUT2D eigenvalue weighted by Crippen LogP contribution is -2.43. The fourth-order valence-electron chi connectivity index (χ4n) is 3.28. The Morgan fingerprint density at radius 2 is 1.92 bits per heavy atom. The summed E-state index contributed by atoms with van der Waals surface area (Å²) in [5.41, 5.74) is 2.86. The molecule has 0 saturated carbocycles. The number of carbonyl (C=O) groups excluding carboxylic acids is 1. The summed E-state index contributed by atoms with van der Waals surface area (Å²) in [4.78, 5) is 15.0. The number of ether oxygens (including phenoxy) is 2. The number of nitrogens with one attached hydrogen (secondary N) is 1. The van der Waals surface area contributed by atoms with Gasteiger partial charge < -0.3 is 14.8 Å². The number of rotatable bonds is 7. The number of benzene rings is 2. The summed E-state index contributed by atoms with van der Waals surface area (Å²) in [7, 11) is 1.65. The van der Waals surface area contributed by atoms with Crippen LogP contribution in [0, 0.1) is 0 Å². The number of amides is 1. The minimum absolute atomic E-state index is 0.0582. The van der Waals surface area contributed by atoms with Crippen LogP contribution in [0.25, 0.3) is 0 Å². The Morgan fingerprint density at radius 1 is 1.15 bits per heavy atom. The molecule has 1 aliphatic heterocycles. The van der Waals surface area contributed by atoms with Gasteiger partial charge >= 0.3 is 0 Å². The first-order valence-electron chi connectivity index (χ1n) is 9.01. The third kappa shape index (κ3) is 4.91. The van der Waals surface area contributed by atoms with E-state index in [1.165, 1.54) is 5.56 Å². The fourth-order valence-corrected chi connectivity index (χ4v) is 3.28. The predicted molar refractivity (Wildman–Crippen MR) is 101 cm³/mol. The second kappa shape index (κ2) is 9.48. The largest absolute Gasteiger partial charge is 0.380 e. The standard InChI is InChI=1S/C21H26N2O3/c1-25-16-17-6-5-9-19(14-17)21(24)22-15-20(18-7-3-2-4-8-18)23-10-12-26-13-11-23/h2-9,14,20H,10-13,15-16H2,1H3,(H,22,24). The second-order valence-electron chi connectivity index (χ2n) is 6.42. The normalized spacial score (nSPS) is 16.2. The van der Waals surface area contributed by atoms with E-state index in [0.717, 1.165) is 31.9 Å². The van der Waals surface area contributed by atoms with Gasteiger partial charge in [0.05, 0.1) is 25.9 Å². The predicted octanol–water partition coefficient (Wildman–Crippen LogP) is 2.64. The van der Waals surface area contributed by atoms with Gasteiger partial charge in [-0.2, -0.15) is 0 Å². The van der Waals surface area contributed by atoms with Crippen LogP contribution >= 0.6 is 0 Å². The molecule has 0 aromatic heterocycles. The van der Waals surface area contributed by atoms with E-state index in [9.17, 15) is 4.79 Å². The minimum Gasteiger partial charge on any atom is -0.380 e. The van der Waals surface area contributed by atoms with E-state index in [4.69, 9.17) is 9.47 Å². The van der Waals surface area contributed by atoms with Crippen molar-refractivity contribution in [3.8, 4) is 0 Å². The van der Waals surface area contributed by atoms with E-state index < -0.39 is 0 Å². The fraction of sp³-hybridized carbons (Fsp3) is 0.381. The van der Waals surface area contributed by atoms with Crippen molar-refractivity contribution in [2.45, 2.75) is 12.6 Å². The first-order valence-corrected chi connectivity index (χ1v) is 9.01. The van der Waals surface area contributed by atoms with E-state index in [2.05, 4.69) is 22.3 Å². The van der Waals surface area contributed by atoms with Crippen LogP contribution in [0.1, 0.15) is 27.5 Å². The quantitative estimate of drug-likeness (QED) is 0.830. The van der Waals surface area contributed by atoms with Crippen LogP contribution in [0.15, 0.2) is 54.6 Å².